The second-order valence-corrected chi connectivity index (χ2v) is 4.25. The second kappa shape index (κ2) is 4.69. The second-order valence-electron chi connectivity index (χ2n) is 4.25. The monoisotopic (exact) mass is 246 g/mol. The zero-order chi connectivity index (χ0) is 13.3. The highest BCUT2D eigenvalue weighted by Crippen LogP contribution is 2.18. The minimum atomic E-state index is -0.375. The molecule has 0 saturated carbocycles. The van der Waals surface area contributed by atoms with Gasteiger partial charge < -0.3 is 0 Å². The quantitative estimate of drug-likeness (QED) is 0.736. The van der Waals surface area contributed by atoms with Crippen LogP contribution < -0.4 is 0 Å². The van der Waals surface area contributed by atoms with Crippen molar-refractivity contribution in [3.05, 3.63) is 70.3 Å². The van der Waals surface area contributed by atoms with Crippen LogP contribution in [0.3, 0.4) is 0 Å². The van der Waals surface area contributed by atoms with Crippen molar-refractivity contribution in [1.82, 2.24) is 0 Å². The third-order valence-corrected chi connectivity index (χ3v) is 2.87. The lowest BCUT2D eigenvalue weighted by Crippen LogP contribution is -2.06. The Morgan fingerprint density at radius 3 is 1.56 bits per heavy atom. The average Bonchev–Trinajstić information content (AvgIpc) is 2.28. The Morgan fingerprint density at radius 1 is 0.833 bits per heavy atom. The number of hydrogen-bond acceptors (Lipinski definition) is 1. The van der Waals surface area contributed by atoms with E-state index < -0.39 is 0 Å². The van der Waals surface area contributed by atoms with Crippen LogP contribution in [0.2, 0.25) is 0 Å². The SMILES string of the molecule is Cc1cc(F)ccc1C(=O)c1ccc(F)cc1C. The molecule has 0 aliphatic heterocycles. The van der Waals surface area contributed by atoms with Gasteiger partial charge in [0.1, 0.15) is 11.6 Å². The topological polar surface area (TPSA) is 17.1 Å². The van der Waals surface area contributed by atoms with Gasteiger partial charge >= 0.3 is 0 Å². The summed E-state index contributed by atoms with van der Waals surface area (Å²) in [5.74, 6) is -0.968. The Balaban J connectivity index is 2.48. The number of aryl methyl sites for hydroxylation is 2. The summed E-state index contributed by atoms with van der Waals surface area (Å²) in [7, 11) is 0. The molecule has 0 N–H and O–H groups in total. The van der Waals surface area contributed by atoms with E-state index in [0.717, 1.165) is 0 Å². The van der Waals surface area contributed by atoms with Crippen molar-refractivity contribution in [1.29, 1.82) is 0 Å². The lowest BCUT2D eigenvalue weighted by atomic mass is 9.96. The predicted octanol–water partition coefficient (Wildman–Crippen LogP) is 3.81. The van der Waals surface area contributed by atoms with Gasteiger partial charge in [-0.1, -0.05) is 0 Å². The number of halogens is 2. The first-order valence-corrected chi connectivity index (χ1v) is 5.56. The Hall–Kier alpha value is -2.03. The largest absolute Gasteiger partial charge is 0.289 e. The van der Waals surface area contributed by atoms with Gasteiger partial charge in [-0.05, 0) is 61.4 Å². The first-order chi connectivity index (χ1) is 8.49. The fraction of sp³-hybridized carbons (Fsp3) is 0.133. The van der Waals surface area contributed by atoms with Crippen molar-refractivity contribution in [2.45, 2.75) is 13.8 Å². The molecule has 1 nitrogen and oxygen atoms in total. The van der Waals surface area contributed by atoms with Crippen LogP contribution in [0.1, 0.15) is 27.0 Å². The zero-order valence-electron chi connectivity index (χ0n) is 10.1. The molecule has 0 amide bonds. The Morgan fingerprint density at radius 2 is 1.22 bits per heavy atom. The molecule has 0 aliphatic carbocycles. The van der Waals surface area contributed by atoms with E-state index in [2.05, 4.69) is 0 Å². The summed E-state index contributed by atoms with van der Waals surface area (Å²) in [6.45, 7) is 3.35. The number of ketones is 1. The summed E-state index contributed by atoms with van der Waals surface area (Å²) in [5, 5.41) is 0. The van der Waals surface area contributed by atoms with Gasteiger partial charge in [-0.25, -0.2) is 8.78 Å². The fourth-order valence-electron chi connectivity index (χ4n) is 1.91. The van der Waals surface area contributed by atoms with Crippen LogP contribution in [-0.2, 0) is 0 Å². The van der Waals surface area contributed by atoms with Gasteiger partial charge in [-0.3, -0.25) is 4.79 Å². The molecule has 0 aliphatic rings. The molecule has 0 radical (unpaired) electrons. The average molecular weight is 246 g/mol. The van der Waals surface area contributed by atoms with Crippen LogP contribution in [0.4, 0.5) is 8.78 Å². The molecular weight excluding hydrogens is 234 g/mol. The molecule has 0 fully saturated rings. The summed E-state index contributed by atoms with van der Waals surface area (Å²) < 4.78 is 26.0. The molecule has 18 heavy (non-hydrogen) atoms. The standard InChI is InChI=1S/C15H12F2O/c1-9-7-11(16)3-5-13(9)15(18)14-6-4-12(17)8-10(14)2/h3-8H,1-2H3. The molecule has 0 heterocycles. The number of benzene rings is 2. The van der Waals surface area contributed by atoms with Crippen LogP contribution >= 0.6 is 0 Å². The van der Waals surface area contributed by atoms with Gasteiger partial charge in [0.15, 0.2) is 5.78 Å². The van der Waals surface area contributed by atoms with E-state index >= 15 is 0 Å². The van der Waals surface area contributed by atoms with Crippen LogP contribution in [0, 0.1) is 25.5 Å². The molecule has 2 aromatic rings. The van der Waals surface area contributed by atoms with Gasteiger partial charge in [0.25, 0.3) is 0 Å². The molecule has 3 heteroatoms. The Labute approximate surface area is 104 Å². The van der Waals surface area contributed by atoms with Crippen molar-refractivity contribution in [3.63, 3.8) is 0 Å². The van der Waals surface area contributed by atoms with Crippen LogP contribution in [0.25, 0.3) is 0 Å². The first-order valence-electron chi connectivity index (χ1n) is 5.56. The molecule has 0 aromatic heterocycles. The van der Waals surface area contributed by atoms with Crippen molar-refractivity contribution >= 4 is 5.78 Å². The van der Waals surface area contributed by atoms with Crippen LogP contribution in [-0.4, -0.2) is 5.78 Å². The van der Waals surface area contributed by atoms with Crippen molar-refractivity contribution in [2.75, 3.05) is 0 Å². The summed E-state index contributed by atoms with van der Waals surface area (Å²) >= 11 is 0. The molecule has 0 saturated heterocycles. The lowest BCUT2D eigenvalue weighted by Gasteiger charge is -2.07. The minimum Gasteiger partial charge on any atom is -0.289 e. The number of carbonyl (C=O) groups excluding carboxylic acids is 1. The van der Waals surface area contributed by atoms with Crippen molar-refractivity contribution in [3.8, 4) is 0 Å². The Bertz CT molecular complexity index is 564. The maximum atomic E-state index is 13.0. The highest BCUT2D eigenvalue weighted by Gasteiger charge is 2.14. The van der Waals surface area contributed by atoms with E-state index in [-0.39, 0.29) is 17.4 Å². The van der Waals surface area contributed by atoms with Gasteiger partial charge in [0.05, 0.1) is 0 Å². The van der Waals surface area contributed by atoms with E-state index in [9.17, 15) is 13.6 Å². The number of hydrogen-bond donors (Lipinski definition) is 0. The molecular formula is C15H12F2O. The summed E-state index contributed by atoms with van der Waals surface area (Å²) in [4.78, 5) is 12.3. The van der Waals surface area contributed by atoms with Crippen molar-refractivity contribution < 1.29 is 13.6 Å². The maximum absolute atomic E-state index is 13.0. The minimum absolute atomic E-state index is 0.218. The molecule has 0 bridgehead atoms. The Kier molecular flexibility index (Phi) is 3.24. The number of carbonyl (C=O) groups is 1. The molecule has 92 valence electrons. The fourth-order valence-corrected chi connectivity index (χ4v) is 1.91. The van der Waals surface area contributed by atoms with Gasteiger partial charge in [-0.15, -0.1) is 0 Å². The summed E-state index contributed by atoms with van der Waals surface area (Å²) in [5.41, 5.74) is 2.02. The van der Waals surface area contributed by atoms with E-state index in [1.54, 1.807) is 13.8 Å². The molecule has 2 aromatic carbocycles. The molecule has 0 atom stereocenters. The lowest BCUT2D eigenvalue weighted by molar-refractivity contribution is 0.103. The van der Waals surface area contributed by atoms with E-state index in [4.69, 9.17) is 0 Å². The first kappa shape index (κ1) is 12.4. The summed E-state index contributed by atoms with van der Waals surface area (Å²) in [6, 6.07) is 8.03. The van der Waals surface area contributed by atoms with E-state index in [0.29, 0.717) is 22.3 Å². The van der Waals surface area contributed by atoms with E-state index in [1.165, 1.54) is 36.4 Å². The normalized spacial score (nSPS) is 10.4. The third kappa shape index (κ3) is 2.30. The molecule has 2 rings (SSSR count). The smallest absolute Gasteiger partial charge is 0.193 e. The highest BCUT2D eigenvalue weighted by atomic mass is 19.1. The zero-order valence-corrected chi connectivity index (χ0v) is 10.1. The molecule has 0 spiro atoms. The third-order valence-electron chi connectivity index (χ3n) is 2.87. The maximum Gasteiger partial charge on any atom is 0.193 e. The van der Waals surface area contributed by atoms with Crippen LogP contribution in [0.5, 0.6) is 0 Å². The highest BCUT2D eigenvalue weighted by molar-refractivity contribution is 6.10. The van der Waals surface area contributed by atoms with Gasteiger partial charge in [-0.2, -0.15) is 0 Å². The van der Waals surface area contributed by atoms with Crippen LogP contribution in [0.15, 0.2) is 36.4 Å². The summed E-state index contributed by atoms with van der Waals surface area (Å²) in [6.07, 6.45) is 0. The van der Waals surface area contributed by atoms with Crippen molar-refractivity contribution in [2.24, 2.45) is 0 Å². The molecule has 0 unspecified atom stereocenters. The van der Waals surface area contributed by atoms with Gasteiger partial charge in [0.2, 0.25) is 0 Å². The van der Waals surface area contributed by atoms with Gasteiger partial charge in [0, 0.05) is 11.1 Å². The predicted molar refractivity (Wildman–Crippen MR) is 65.7 cm³/mol. The van der Waals surface area contributed by atoms with E-state index in [1.807, 2.05) is 0 Å². The number of rotatable bonds is 2.